The number of amides is 1. The number of likely N-dealkylation sites (tertiary alicyclic amines) is 1. The zero-order chi connectivity index (χ0) is 24.5. The molecule has 4 heterocycles. The fourth-order valence-corrected chi connectivity index (χ4v) is 4.72. The molecule has 1 fully saturated rings. The van der Waals surface area contributed by atoms with Gasteiger partial charge in [0, 0.05) is 49.4 Å². The number of hydrogen-bond donors (Lipinski definition) is 1. The van der Waals surface area contributed by atoms with Crippen molar-refractivity contribution >= 4 is 28.7 Å². The third kappa shape index (κ3) is 4.53. The molecule has 0 aliphatic carbocycles. The minimum atomic E-state index is -0.127. The van der Waals surface area contributed by atoms with Crippen LogP contribution in [0.2, 0.25) is 0 Å². The van der Waals surface area contributed by atoms with Crippen LogP contribution in [0.5, 0.6) is 0 Å². The Balaban J connectivity index is 1.49. The van der Waals surface area contributed by atoms with E-state index in [2.05, 4.69) is 21.5 Å². The molecule has 1 amide bonds. The Morgan fingerprint density at radius 2 is 2.06 bits per heavy atom. The van der Waals surface area contributed by atoms with Crippen molar-refractivity contribution in [2.75, 3.05) is 18.4 Å². The number of aryl methyl sites for hydroxylation is 2. The molecule has 1 aromatic carbocycles. The minimum absolute atomic E-state index is 0.111. The van der Waals surface area contributed by atoms with Crippen molar-refractivity contribution in [3.05, 3.63) is 70.3 Å². The first kappa shape index (κ1) is 22.8. The third-order valence-electron chi connectivity index (χ3n) is 6.51. The minimum Gasteiger partial charge on any atom is -0.341 e. The van der Waals surface area contributed by atoms with Crippen LogP contribution in [0.25, 0.3) is 16.7 Å². The zero-order valence-electron chi connectivity index (χ0n) is 20.2. The molecule has 1 atom stereocenters. The molecule has 1 aliphatic heterocycles. The number of piperidine rings is 1. The molecule has 0 bridgehead atoms. The summed E-state index contributed by atoms with van der Waals surface area (Å²) in [5.74, 6) is 1.08. The number of nitrogens with zero attached hydrogens (tertiary/aromatic N) is 6. The molecule has 0 saturated carbocycles. The van der Waals surface area contributed by atoms with Crippen LogP contribution in [0.3, 0.4) is 0 Å². The van der Waals surface area contributed by atoms with E-state index in [4.69, 9.17) is 4.98 Å². The van der Waals surface area contributed by atoms with E-state index in [0.717, 1.165) is 41.6 Å². The molecule has 180 valence electrons. The Labute approximate surface area is 203 Å². The average molecular weight is 472 g/mol. The number of benzene rings is 1. The predicted molar refractivity (Wildman–Crippen MR) is 135 cm³/mol. The van der Waals surface area contributed by atoms with Crippen molar-refractivity contribution in [1.82, 2.24) is 29.2 Å². The average Bonchev–Trinajstić information content (AvgIpc) is 3.32. The summed E-state index contributed by atoms with van der Waals surface area (Å²) in [6.07, 6.45) is 5.75. The van der Waals surface area contributed by atoms with Gasteiger partial charge in [0.15, 0.2) is 5.82 Å². The summed E-state index contributed by atoms with van der Waals surface area (Å²) < 4.78 is 3.52. The van der Waals surface area contributed by atoms with Gasteiger partial charge in [0.1, 0.15) is 5.65 Å². The lowest BCUT2D eigenvalue weighted by Gasteiger charge is -2.34. The second-order valence-corrected chi connectivity index (χ2v) is 9.07. The van der Waals surface area contributed by atoms with Gasteiger partial charge in [-0.25, -0.2) is 9.67 Å². The number of nitrogens with one attached hydrogen (secondary N) is 1. The highest BCUT2D eigenvalue weighted by atomic mass is 16.2. The number of hydrogen-bond acceptors (Lipinski definition) is 6. The van der Waals surface area contributed by atoms with Crippen molar-refractivity contribution in [2.24, 2.45) is 0 Å². The molecular formula is C26H29N7O2. The maximum absolute atomic E-state index is 13.1. The Kier molecular flexibility index (Phi) is 6.07. The Morgan fingerprint density at radius 3 is 2.86 bits per heavy atom. The molecule has 3 aromatic heterocycles. The standard InChI is InChI=1S/C26H29N7O2/c1-4-23(34)31-11-6-9-20(16-31)33-24(35)14-18(3)21-15-27-26(29-25(21)33)28-22-10-12-32(30-22)19-8-5-7-17(2)13-19/h5,7-8,10,12-15,20H,4,6,9,11,16H2,1-3H3,(H,27,28,29,30)/t20-/m1/s1. The lowest BCUT2D eigenvalue weighted by atomic mass is 10.0. The van der Waals surface area contributed by atoms with Crippen LogP contribution in [-0.4, -0.2) is 48.2 Å². The van der Waals surface area contributed by atoms with Gasteiger partial charge in [0.25, 0.3) is 5.56 Å². The van der Waals surface area contributed by atoms with Gasteiger partial charge in [-0.1, -0.05) is 19.1 Å². The molecule has 1 N–H and O–H groups in total. The summed E-state index contributed by atoms with van der Waals surface area (Å²) in [6.45, 7) is 7.04. The van der Waals surface area contributed by atoms with E-state index in [1.165, 1.54) is 0 Å². The molecule has 0 spiro atoms. The first-order chi connectivity index (χ1) is 16.9. The molecule has 0 radical (unpaired) electrons. The number of aromatic nitrogens is 5. The highest BCUT2D eigenvalue weighted by Crippen LogP contribution is 2.26. The SMILES string of the molecule is CCC(=O)N1CCC[C@@H](n2c(=O)cc(C)c3cnc(Nc4ccn(-c5cccc(C)c5)n4)nc32)C1. The number of carbonyl (C=O) groups is 1. The largest absolute Gasteiger partial charge is 0.341 e. The van der Waals surface area contributed by atoms with Gasteiger partial charge in [-0.05, 0) is 49.9 Å². The first-order valence-electron chi connectivity index (χ1n) is 12.0. The van der Waals surface area contributed by atoms with Crippen LogP contribution in [0.15, 0.2) is 53.6 Å². The quantitative estimate of drug-likeness (QED) is 0.474. The predicted octanol–water partition coefficient (Wildman–Crippen LogP) is 3.91. The first-order valence-corrected chi connectivity index (χ1v) is 12.0. The lowest BCUT2D eigenvalue weighted by molar-refractivity contribution is -0.132. The van der Waals surface area contributed by atoms with Crippen LogP contribution in [-0.2, 0) is 4.79 Å². The van der Waals surface area contributed by atoms with Crippen LogP contribution in [0, 0.1) is 13.8 Å². The highest BCUT2D eigenvalue weighted by Gasteiger charge is 2.26. The number of fused-ring (bicyclic) bond motifs is 1. The van der Waals surface area contributed by atoms with Crippen LogP contribution in [0.4, 0.5) is 11.8 Å². The zero-order valence-corrected chi connectivity index (χ0v) is 20.2. The van der Waals surface area contributed by atoms with E-state index in [0.29, 0.717) is 30.4 Å². The number of anilines is 2. The highest BCUT2D eigenvalue weighted by molar-refractivity contribution is 5.79. The van der Waals surface area contributed by atoms with Gasteiger partial charge in [0.05, 0.1) is 11.7 Å². The van der Waals surface area contributed by atoms with Crippen molar-refractivity contribution in [2.45, 2.75) is 46.1 Å². The summed E-state index contributed by atoms with van der Waals surface area (Å²) in [5, 5.41) is 8.59. The Bertz CT molecular complexity index is 1460. The third-order valence-corrected chi connectivity index (χ3v) is 6.51. The van der Waals surface area contributed by atoms with Gasteiger partial charge in [-0.2, -0.15) is 10.1 Å². The van der Waals surface area contributed by atoms with E-state index < -0.39 is 0 Å². The summed E-state index contributed by atoms with van der Waals surface area (Å²) in [4.78, 5) is 36.5. The fraction of sp³-hybridized carbons (Fsp3) is 0.346. The van der Waals surface area contributed by atoms with Gasteiger partial charge >= 0.3 is 0 Å². The second kappa shape index (κ2) is 9.32. The molecule has 5 rings (SSSR count). The maximum atomic E-state index is 13.1. The van der Waals surface area contributed by atoms with Gasteiger partial charge in [-0.15, -0.1) is 0 Å². The molecular weight excluding hydrogens is 442 g/mol. The molecule has 9 nitrogen and oxygen atoms in total. The van der Waals surface area contributed by atoms with Gasteiger partial charge in [0.2, 0.25) is 11.9 Å². The molecule has 0 unspecified atom stereocenters. The van der Waals surface area contributed by atoms with E-state index in [1.807, 2.05) is 56.1 Å². The monoisotopic (exact) mass is 471 g/mol. The summed E-state index contributed by atoms with van der Waals surface area (Å²) in [6, 6.07) is 11.4. The fourth-order valence-electron chi connectivity index (χ4n) is 4.72. The van der Waals surface area contributed by atoms with Gasteiger partial charge in [-0.3, -0.25) is 14.2 Å². The molecule has 35 heavy (non-hydrogen) atoms. The molecule has 9 heteroatoms. The molecule has 1 saturated heterocycles. The van der Waals surface area contributed by atoms with Gasteiger partial charge < -0.3 is 10.2 Å². The Morgan fingerprint density at radius 1 is 1.20 bits per heavy atom. The van der Waals surface area contributed by atoms with E-state index in [-0.39, 0.29) is 17.5 Å². The topological polar surface area (TPSA) is 97.9 Å². The van der Waals surface area contributed by atoms with Crippen molar-refractivity contribution < 1.29 is 4.79 Å². The summed E-state index contributed by atoms with van der Waals surface area (Å²) in [5.41, 5.74) is 3.40. The lowest BCUT2D eigenvalue weighted by Crippen LogP contribution is -2.42. The normalized spacial score (nSPS) is 16.0. The number of rotatable bonds is 5. The van der Waals surface area contributed by atoms with E-state index in [1.54, 1.807) is 21.5 Å². The van der Waals surface area contributed by atoms with E-state index >= 15 is 0 Å². The van der Waals surface area contributed by atoms with Crippen molar-refractivity contribution in [3.63, 3.8) is 0 Å². The Hall–Kier alpha value is -4.01. The van der Waals surface area contributed by atoms with Crippen LogP contribution >= 0.6 is 0 Å². The molecule has 1 aliphatic rings. The van der Waals surface area contributed by atoms with E-state index in [9.17, 15) is 9.59 Å². The summed E-state index contributed by atoms with van der Waals surface area (Å²) >= 11 is 0. The number of carbonyl (C=O) groups excluding carboxylic acids is 1. The van der Waals surface area contributed by atoms with Crippen LogP contribution < -0.4 is 10.9 Å². The van der Waals surface area contributed by atoms with Crippen molar-refractivity contribution in [1.29, 1.82) is 0 Å². The number of pyridine rings is 1. The maximum Gasteiger partial charge on any atom is 0.252 e. The second-order valence-electron chi connectivity index (χ2n) is 9.07. The van der Waals surface area contributed by atoms with Crippen molar-refractivity contribution in [3.8, 4) is 5.69 Å². The smallest absolute Gasteiger partial charge is 0.252 e. The van der Waals surface area contributed by atoms with Crippen LogP contribution in [0.1, 0.15) is 43.4 Å². The summed E-state index contributed by atoms with van der Waals surface area (Å²) in [7, 11) is 0. The molecule has 4 aromatic rings.